The lowest BCUT2D eigenvalue weighted by atomic mass is 10.2. The molecule has 0 radical (unpaired) electrons. The molecule has 2 nitrogen and oxygen atoms in total. The van der Waals surface area contributed by atoms with Gasteiger partial charge in [0.2, 0.25) is 0 Å². The number of hydrogen-bond donors (Lipinski definition) is 0. The van der Waals surface area contributed by atoms with Gasteiger partial charge in [0, 0.05) is 23.0 Å². The third-order valence-electron chi connectivity index (χ3n) is 2.28. The van der Waals surface area contributed by atoms with Crippen LogP contribution < -0.4 is 0 Å². The second-order valence-corrected chi connectivity index (χ2v) is 4.32. The van der Waals surface area contributed by atoms with Crippen molar-refractivity contribution in [2.75, 3.05) is 0 Å². The molecule has 0 aliphatic heterocycles. The minimum atomic E-state index is -0.282. The molecule has 0 unspecified atom stereocenters. The molecule has 0 saturated heterocycles. The Hall–Kier alpha value is -1.17. The number of rotatable bonds is 0. The van der Waals surface area contributed by atoms with Crippen LogP contribution in [0.3, 0.4) is 0 Å². The van der Waals surface area contributed by atoms with Gasteiger partial charge in [0.1, 0.15) is 11.4 Å². The molecule has 3 aromatic rings. The Balaban J connectivity index is 2.53. The van der Waals surface area contributed by atoms with Gasteiger partial charge in [0.25, 0.3) is 0 Å². The average Bonchev–Trinajstić information content (AvgIpc) is 2.58. The fourth-order valence-corrected chi connectivity index (χ4v) is 2.18. The van der Waals surface area contributed by atoms with E-state index in [0.29, 0.717) is 5.52 Å². The predicted molar refractivity (Wildman–Crippen MR) is 64.2 cm³/mol. The molecule has 0 aliphatic carbocycles. The molecule has 3 rings (SSSR count). The molecule has 15 heavy (non-hydrogen) atoms. The van der Waals surface area contributed by atoms with Crippen LogP contribution in [0.15, 0.2) is 34.9 Å². The number of fused-ring (bicyclic) bond motifs is 3. The summed E-state index contributed by atoms with van der Waals surface area (Å²) < 4.78 is 19.3. The minimum absolute atomic E-state index is 0.282. The zero-order valence-corrected chi connectivity index (χ0v) is 9.66. The standard InChI is InChI=1S/C11H5FINO/c12-7-1-2-8-9(4-7)14-5-6-3-10(13)15-11(6)8/h1-5H. The largest absolute Gasteiger partial charge is 0.450 e. The molecule has 1 aromatic carbocycles. The molecular weight excluding hydrogens is 308 g/mol. The highest BCUT2D eigenvalue weighted by Gasteiger charge is 2.07. The first kappa shape index (κ1) is 9.08. The van der Waals surface area contributed by atoms with Crippen molar-refractivity contribution in [2.45, 2.75) is 0 Å². The molecule has 0 N–H and O–H groups in total. The minimum Gasteiger partial charge on any atom is -0.450 e. The van der Waals surface area contributed by atoms with Gasteiger partial charge in [-0.05, 0) is 40.8 Å². The summed E-state index contributed by atoms with van der Waals surface area (Å²) in [7, 11) is 0. The van der Waals surface area contributed by atoms with Gasteiger partial charge < -0.3 is 4.42 Å². The van der Waals surface area contributed by atoms with E-state index >= 15 is 0 Å². The maximum atomic E-state index is 13.0. The van der Waals surface area contributed by atoms with Crippen LogP contribution in [0.2, 0.25) is 0 Å². The van der Waals surface area contributed by atoms with E-state index in [4.69, 9.17) is 4.42 Å². The topological polar surface area (TPSA) is 26.0 Å². The maximum absolute atomic E-state index is 13.0. The van der Waals surface area contributed by atoms with Crippen molar-refractivity contribution in [1.82, 2.24) is 4.98 Å². The van der Waals surface area contributed by atoms with Crippen molar-refractivity contribution in [2.24, 2.45) is 0 Å². The molecule has 0 amide bonds. The van der Waals surface area contributed by atoms with Gasteiger partial charge in [-0.25, -0.2) is 4.39 Å². The van der Waals surface area contributed by atoms with Gasteiger partial charge in [0.15, 0.2) is 3.77 Å². The first-order chi connectivity index (χ1) is 7.24. The molecule has 0 spiro atoms. The zero-order chi connectivity index (χ0) is 10.4. The quantitative estimate of drug-likeness (QED) is 0.591. The number of aromatic nitrogens is 1. The van der Waals surface area contributed by atoms with Crippen molar-refractivity contribution < 1.29 is 8.81 Å². The molecule has 0 saturated carbocycles. The molecular formula is C11H5FINO. The summed E-state index contributed by atoms with van der Waals surface area (Å²) in [4.78, 5) is 4.18. The number of furan rings is 1. The summed E-state index contributed by atoms with van der Waals surface area (Å²) in [6.07, 6.45) is 1.70. The molecule has 0 bridgehead atoms. The Morgan fingerprint density at radius 1 is 1.27 bits per heavy atom. The number of hydrogen-bond acceptors (Lipinski definition) is 2. The molecule has 0 aliphatic rings. The van der Waals surface area contributed by atoms with Gasteiger partial charge in [0.05, 0.1) is 5.52 Å². The lowest BCUT2D eigenvalue weighted by Gasteiger charge is -1.97. The highest BCUT2D eigenvalue weighted by molar-refractivity contribution is 14.1. The van der Waals surface area contributed by atoms with Crippen molar-refractivity contribution in [1.29, 1.82) is 0 Å². The van der Waals surface area contributed by atoms with Crippen molar-refractivity contribution in [3.05, 3.63) is 40.0 Å². The lowest BCUT2D eigenvalue weighted by Crippen LogP contribution is -1.80. The van der Waals surface area contributed by atoms with E-state index in [2.05, 4.69) is 27.6 Å². The fourth-order valence-electron chi connectivity index (χ4n) is 1.62. The van der Waals surface area contributed by atoms with Crippen LogP contribution in [0.5, 0.6) is 0 Å². The van der Waals surface area contributed by atoms with Crippen LogP contribution in [0, 0.1) is 9.58 Å². The van der Waals surface area contributed by atoms with E-state index in [1.807, 2.05) is 6.07 Å². The number of pyridine rings is 1. The van der Waals surface area contributed by atoms with Gasteiger partial charge >= 0.3 is 0 Å². The lowest BCUT2D eigenvalue weighted by molar-refractivity contribution is 0.587. The van der Waals surface area contributed by atoms with Crippen LogP contribution in [0.1, 0.15) is 0 Å². The van der Waals surface area contributed by atoms with Crippen LogP contribution in [-0.4, -0.2) is 4.98 Å². The summed E-state index contributed by atoms with van der Waals surface area (Å²) in [6.45, 7) is 0. The van der Waals surface area contributed by atoms with Crippen LogP contribution >= 0.6 is 22.6 Å². The Morgan fingerprint density at radius 2 is 2.13 bits per heavy atom. The summed E-state index contributed by atoms with van der Waals surface area (Å²) >= 11 is 2.10. The fraction of sp³-hybridized carbons (Fsp3) is 0. The first-order valence-electron chi connectivity index (χ1n) is 4.37. The molecule has 2 heterocycles. The third kappa shape index (κ3) is 1.40. The molecule has 74 valence electrons. The highest BCUT2D eigenvalue weighted by Crippen LogP contribution is 2.27. The number of benzene rings is 1. The molecule has 0 fully saturated rings. The van der Waals surface area contributed by atoms with Gasteiger partial charge in [-0.15, -0.1) is 0 Å². The Morgan fingerprint density at radius 3 is 3.00 bits per heavy atom. The van der Waals surface area contributed by atoms with E-state index in [0.717, 1.165) is 20.1 Å². The second-order valence-electron chi connectivity index (χ2n) is 3.25. The van der Waals surface area contributed by atoms with Crippen molar-refractivity contribution in [3.8, 4) is 0 Å². The van der Waals surface area contributed by atoms with Gasteiger partial charge in [-0.2, -0.15) is 0 Å². The monoisotopic (exact) mass is 313 g/mol. The van der Waals surface area contributed by atoms with E-state index < -0.39 is 0 Å². The Labute approximate surface area is 98.2 Å². The van der Waals surface area contributed by atoms with E-state index in [9.17, 15) is 4.39 Å². The van der Waals surface area contributed by atoms with Crippen LogP contribution in [0.4, 0.5) is 4.39 Å². The molecule has 2 aromatic heterocycles. The van der Waals surface area contributed by atoms with Crippen LogP contribution in [0.25, 0.3) is 21.9 Å². The van der Waals surface area contributed by atoms with Gasteiger partial charge in [-0.3, -0.25) is 4.98 Å². The highest BCUT2D eigenvalue weighted by atomic mass is 127. The van der Waals surface area contributed by atoms with Crippen molar-refractivity contribution in [3.63, 3.8) is 0 Å². The second kappa shape index (κ2) is 3.16. The van der Waals surface area contributed by atoms with E-state index in [1.54, 1.807) is 12.3 Å². The SMILES string of the molecule is Fc1ccc2c(c1)ncc1cc(I)oc12. The average molecular weight is 313 g/mol. The Kier molecular flexibility index (Phi) is 1.92. The predicted octanol–water partition coefficient (Wildman–Crippen LogP) is 3.72. The summed E-state index contributed by atoms with van der Waals surface area (Å²) in [6, 6.07) is 6.42. The van der Waals surface area contributed by atoms with Gasteiger partial charge in [-0.1, -0.05) is 0 Å². The maximum Gasteiger partial charge on any atom is 0.165 e. The smallest absolute Gasteiger partial charge is 0.165 e. The summed E-state index contributed by atoms with van der Waals surface area (Å²) in [5, 5.41) is 1.79. The molecule has 0 atom stereocenters. The zero-order valence-electron chi connectivity index (χ0n) is 7.50. The normalized spacial score (nSPS) is 11.3. The van der Waals surface area contributed by atoms with Crippen LogP contribution in [-0.2, 0) is 0 Å². The first-order valence-corrected chi connectivity index (χ1v) is 5.45. The summed E-state index contributed by atoms with van der Waals surface area (Å²) in [5.41, 5.74) is 1.39. The molecule has 4 heteroatoms. The Bertz CT molecular complexity index is 662. The summed E-state index contributed by atoms with van der Waals surface area (Å²) in [5.74, 6) is -0.282. The number of halogens is 2. The van der Waals surface area contributed by atoms with Crippen molar-refractivity contribution >= 4 is 44.5 Å². The van der Waals surface area contributed by atoms with E-state index in [-0.39, 0.29) is 5.82 Å². The van der Waals surface area contributed by atoms with E-state index in [1.165, 1.54) is 12.1 Å². The third-order valence-corrected chi connectivity index (χ3v) is 2.81. The number of nitrogens with zero attached hydrogens (tertiary/aromatic N) is 1.